The molecule has 0 heterocycles. The van der Waals surface area contributed by atoms with Gasteiger partial charge in [-0.2, -0.15) is 0 Å². The number of alkyl halides is 1. The molecule has 0 bridgehead atoms. The molecule has 0 aliphatic heterocycles. The summed E-state index contributed by atoms with van der Waals surface area (Å²) in [6, 6.07) is 0. The third kappa shape index (κ3) is 3.67. The smallest absolute Gasteiger partial charge is 0.211 e. The van der Waals surface area contributed by atoms with Crippen LogP contribution >= 0.6 is 11.6 Å². The van der Waals surface area contributed by atoms with Crippen LogP contribution in [0, 0.1) is 0 Å². The largest absolute Gasteiger partial charge is 0.234 e. The lowest BCUT2D eigenvalue weighted by Crippen LogP contribution is -1.75. The molecule has 0 unspecified atom stereocenters. The van der Waals surface area contributed by atoms with Gasteiger partial charge in [-0.3, -0.25) is 0 Å². The van der Waals surface area contributed by atoms with Crippen molar-refractivity contribution in [2.75, 3.05) is 12.4 Å². The van der Waals surface area contributed by atoms with Crippen LogP contribution in [0.5, 0.6) is 0 Å². The first-order valence-corrected chi connectivity index (χ1v) is 2.05. The second-order valence-electron chi connectivity index (χ2n) is 0.662. The van der Waals surface area contributed by atoms with Gasteiger partial charge in [0.05, 0.1) is 6.54 Å². The maximum Gasteiger partial charge on any atom is 0.234 e. The molecule has 0 atom stereocenters. The fourth-order valence-corrected chi connectivity index (χ4v) is 0.172. The molecular formula is C3H4ClNO. The highest BCUT2D eigenvalue weighted by molar-refractivity contribution is 6.18. The van der Waals surface area contributed by atoms with Crippen molar-refractivity contribution in [3.63, 3.8) is 0 Å². The molecule has 2 nitrogen and oxygen atoms in total. The number of isocyanates is 1. The van der Waals surface area contributed by atoms with Crippen LogP contribution in [0.1, 0.15) is 0 Å². The van der Waals surface area contributed by atoms with E-state index < -0.39 is 0 Å². The summed E-state index contributed by atoms with van der Waals surface area (Å²) >= 11 is 5.11. The minimum Gasteiger partial charge on any atom is -0.211 e. The lowest BCUT2D eigenvalue weighted by molar-refractivity contribution is 0.563. The Bertz CT molecular complexity index is 67.2. The average molecular weight is 108 g/mol. The van der Waals surface area contributed by atoms with Gasteiger partial charge in [0.2, 0.25) is 6.08 Å². The van der Waals surface area contributed by atoms with Crippen LogP contribution in [-0.2, 0) is 4.79 Å². The topological polar surface area (TPSA) is 29.4 Å². The Hall–Kier alpha value is -0.330. The Morgan fingerprint density at radius 3 is 2.83 bits per heavy atom. The summed E-state index contributed by atoms with van der Waals surface area (Å²) in [5, 5.41) is 0. The summed E-state index contributed by atoms with van der Waals surface area (Å²) in [6.45, 7) is 0.380. The Labute approximate surface area is 40.8 Å². The van der Waals surface area contributed by atoms with Crippen LogP contribution in [0.3, 0.4) is 0 Å². The van der Waals surface area contributed by atoms with Gasteiger partial charge in [0.15, 0.2) is 0 Å². The minimum absolute atomic E-state index is 0.380. The highest BCUT2D eigenvalue weighted by Crippen LogP contribution is 1.70. The van der Waals surface area contributed by atoms with E-state index in [1.54, 1.807) is 0 Å². The van der Waals surface area contributed by atoms with E-state index in [4.69, 9.17) is 11.6 Å². The fraction of sp³-hybridized carbons (Fsp3) is 0.667. The zero-order valence-electron chi connectivity index (χ0n) is 3.15. The number of halogens is 1. The predicted octanol–water partition coefficient (Wildman–Crippen LogP) is 0.561. The molecule has 34 valence electrons. The van der Waals surface area contributed by atoms with E-state index in [1.165, 1.54) is 6.08 Å². The number of carbonyl (C=O) groups excluding carboxylic acids is 1. The van der Waals surface area contributed by atoms with Crippen molar-refractivity contribution in [2.45, 2.75) is 0 Å². The first-order valence-electron chi connectivity index (χ1n) is 1.51. The van der Waals surface area contributed by atoms with Gasteiger partial charge < -0.3 is 0 Å². The normalized spacial score (nSPS) is 6.83. The lowest BCUT2D eigenvalue weighted by atomic mass is 11.2. The van der Waals surface area contributed by atoms with E-state index in [9.17, 15) is 4.79 Å². The fourth-order valence-electron chi connectivity index (χ4n) is 0.0879. The Balaban J connectivity index is 2.86. The Morgan fingerprint density at radius 2 is 2.67 bits per heavy atom. The second kappa shape index (κ2) is 4.67. The predicted molar refractivity (Wildman–Crippen MR) is 23.7 cm³/mol. The molecule has 0 aliphatic carbocycles. The minimum atomic E-state index is 0.380. The van der Waals surface area contributed by atoms with Crippen LogP contribution in [0.4, 0.5) is 0 Å². The van der Waals surface area contributed by atoms with Gasteiger partial charge >= 0.3 is 0 Å². The van der Waals surface area contributed by atoms with Gasteiger partial charge in [0.1, 0.15) is 0 Å². The van der Waals surface area contributed by atoms with Crippen molar-refractivity contribution >= 4 is 17.7 Å². The molecule has 3 heteroatoms. The Kier molecular flexibility index (Phi) is 4.41. The Morgan fingerprint density at radius 1 is 2.00 bits per heavy atom. The number of nitrogens with zero attached hydrogens (tertiary/aromatic N) is 1. The van der Waals surface area contributed by atoms with Crippen LogP contribution in [0.2, 0.25) is 0 Å². The summed E-state index contributed by atoms with van der Waals surface area (Å²) in [6.07, 6.45) is 1.36. The molecule has 0 N–H and O–H groups in total. The molecule has 0 fully saturated rings. The first-order chi connectivity index (χ1) is 2.91. The number of aliphatic imine (C=N–C) groups is 1. The van der Waals surface area contributed by atoms with E-state index in [2.05, 4.69) is 4.99 Å². The van der Waals surface area contributed by atoms with Crippen molar-refractivity contribution in [3.05, 3.63) is 0 Å². The highest BCUT2D eigenvalue weighted by Gasteiger charge is 1.68. The summed E-state index contributed by atoms with van der Waals surface area (Å²) in [5.74, 6) is 0.398. The van der Waals surface area contributed by atoms with E-state index >= 15 is 0 Å². The van der Waals surface area contributed by atoms with Crippen molar-refractivity contribution in [1.29, 1.82) is 0 Å². The van der Waals surface area contributed by atoms with Crippen molar-refractivity contribution in [2.24, 2.45) is 4.99 Å². The van der Waals surface area contributed by atoms with Crippen LogP contribution in [0.15, 0.2) is 4.99 Å². The molecule has 0 saturated carbocycles. The average Bonchev–Trinajstić information content (AvgIpc) is 1.61. The standard InChI is InChI=1S/C3H4ClNO/c4-1-2-5-3-6/h1-2H2/i1+2. The van der Waals surface area contributed by atoms with Gasteiger partial charge in [0.25, 0.3) is 0 Å². The van der Waals surface area contributed by atoms with Gasteiger partial charge in [-0.25, -0.2) is 9.79 Å². The molecule has 0 aromatic carbocycles. The zero-order valence-corrected chi connectivity index (χ0v) is 3.90. The molecule has 0 aromatic rings. The third-order valence-electron chi connectivity index (χ3n) is 0.261. The molecular weight excluding hydrogens is 103 g/mol. The molecule has 0 amide bonds. The second-order valence-corrected chi connectivity index (χ2v) is 1.04. The van der Waals surface area contributed by atoms with E-state index in [0.29, 0.717) is 12.4 Å². The molecule has 0 aromatic heterocycles. The zero-order chi connectivity index (χ0) is 4.83. The highest BCUT2D eigenvalue weighted by atomic mass is 35.5. The summed E-state index contributed by atoms with van der Waals surface area (Å²) in [5.41, 5.74) is 0. The van der Waals surface area contributed by atoms with Gasteiger partial charge in [-0.1, -0.05) is 0 Å². The monoisotopic (exact) mass is 107 g/mol. The molecule has 0 rings (SSSR count). The van der Waals surface area contributed by atoms with E-state index in [0.717, 1.165) is 0 Å². The van der Waals surface area contributed by atoms with Crippen molar-refractivity contribution < 1.29 is 4.79 Å². The molecule has 0 radical (unpaired) electrons. The van der Waals surface area contributed by atoms with Gasteiger partial charge in [0, 0.05) is 5.88 Å². The lowest BCUT2D eigenvalue weighted by Gasteiger charge is -1.69. The number of hydrogen-bond acceptors (Lipinski definition) is 2. The molecule has 0 aliphatic rings. The van der Waals surface area contributed by atoms with E-state index in [-0.39, 0.29) is 0 Å². The SMILES string of the molecule is O=C=NC[14CH2]Cl. The summed E-state index contributed by atoms with van der Waals surface area (Å²) < 4.78 is 0. The summed E-state index contributed by atoms with van der Waals surface area (Å²) in [4.78, 5) is 12.4. The first kappa shape index (κ1) is 5.67. The van der Waals surface area contributed by atoms with E-state index in [1.807, 2.05) is 0 Å². The third-order valence-corrected chi connectivity index (χ3v) is 0.430. The number of hydrogen-bond donors (Lipinski definition) is 0. The van der Waals surface area contributed by atoms with Crippen LogP contribution in [0.25, 0.3) is 0 Å². The van der Waals surface area contributed by atoms with Crippen LogP contribution in [-0.4, -0.2) is 18.5 Å². The van der Waals surface area contributed by atoms with Crippen molar-refractivity contribution in [1.82, 2.24) is 0 Å². The molecule has 6 heavy (non-hydrogen) atoms. The van der Waals surface area contributed by atoms with Crippen molar-refractivity contribution in [3.8, 4) is 0 Å². The van der Waals surface area contributed by atoms with Gasteiger partial charge in [-0.05, 0) is 0 Å². The summed E-state index contributed by atoms with van der Waals surface area (Å²) in [7, 11) is 0. The van der Waals surface area contributed by atoms with Gasteiger partial charge in [-0.15, -0.1) is 11.6 Å². The maximum absolute atomic E-state index is 9.21. The maximum atomic E-state index is 9.21. The van der Waals surface area contributed by atoms with Crippen LogP contribution < -0.4 is 0 Å². The molecule has 0 spiro atoms. The molecule has 0 saturated heterocycles. The number of rotatable bonds is 2. The quantitative estimate of drug-likeness (QED) is 0.288.